The lowest BCUT2D eigenvalue weighted by atomic mass is 10.3. The molecule has 0 aliphatic heterocycles. The largest absolute Gasteiger partial charge is 0.482 e. The SMILES string of the molecule is O=C(COC(=O)COc1ccc(Oc2ccccc2)cc1)Nc1ccc(S(=O)(=O)C(F)F)cc1. The van der Waals surface area contributed by atoms with Gasteiger partial charge in [-0.25, -0.2) is 13.2 Å². The van der Waals surface area contributed by atoms with E-state index in [4.69, 9.17) is 14.2 Å². The highest BCUT2D eigenvalue weighted by atomic mass is 32.2. The maximum absolute atomic E-state index is 12.5. The first-order chi connectivity index (χ1) is 16.2. The molecule has 0 spiro atoms. The van der Waals surface area contributed by atoms with E-state index in [0.29, 0.717) is 17.2 Å². The Kier molecular flexibility index (Phi) is 8.14. The molecule has 0 saturated carbocycles. The number of anilines is 1. The van der Waals surface area contributed by atoms with Gasteiger partial charge in [0.2, 0.25) is 9.84 Å². The summed E-state index contributed by atoms with van der Waals surface area (Å²) in [5.41, 5.74) is 0.142. The molecule has 3 rings (SSSR count). The van der Waals surface area contributed by atoms with Crippen LogP contribution in [0.25, 0.3) is 0 Å². The van der Waals surface area contributed by atoms with Crippen molar-refractivity contribution in [2.45, 2.75) is 10.7 Å². The number of halogens is 2. The molecular weight excluding hydrogens is 472 g/mol. The van der Waals surface area contributed by atoms with Crippen LogP contribution in [-0.4, -0.2) is 39.3 Å². The van der Waals surface area contributed by atoms with E-state index in [1.54, 1.807) is 24.3 Å². The van der Waals surface area contributed by atoms with E-state index in [0.717, 1.165) is 24.3 Å². The number of alkyl halides is 2. The number of hydrogen-bond acceptors (Lipinski definition) is 7. The summed E-state index contributed by atoms with van der Waals surface area (Å²) in [5.74, 6) is -3.40. The average Bonchev–Trinajstić information content (AvgIpc) is 2.83. The Bertz CT molecular complexity index is 1220. The van der Waals surface area contributed by atoms with Crippen molar-refractivity contribution in [3.8, 4) is 17.2 Å². The average molecular weight is 491 g/mol. The lowest BCUT2D eigenvalue weighted by Crippen LogP contribution is -2.23. The van der Waals surface area contributed by atoms with Crippen molar-refractivity contribution < 1.29 is 41.0 Å². The van der Waals surface area contributed by atoms with Gasteiger partial charge in [0, 0.05) is 5.69 Å². The number of nitrogens with one attached hydrogen (secondary N) is 1. The molecule has 0 unspecified atom stereocenters. The Hall–Kier alpha value is -3.99. The summed E-state index contributed by atoms with van der Waals surface area (Å²) in [5, 5.41) is 2.35. The Morgan fingerprint density at radius 3 is 2.00 bits per heavy atom. The first kappa shape index (κ1) is 24.6. The van der Waals surface area contributed by atoms with Gasteiger partial charge in [0.25, 0.3) is 5.91 Å². The topological polar surface area (TPSA) is 108 Å². The first-order valence-electron chi connectivity index (χ1n) is 9.77. The van der Waals surface area contributed by atoms with Crippen LogP contribution >= 0.6 is 0 Å². The van der Waals surface area contributed by atoms with Crippen LogP contribution in [0, 0.1) is 0 Å². The normalized spacial score (nSPS) is 11.0. The van der Waals surface area contributed by atoms with Crippen molar-refractivity contribution in [2.24, 2.45) is 0 Å². The van der Waals surface area contributed by atoms with Crippen molar-refractivity contribution >= 4 is 27.4 Å². The van der Waals surface area contributed by atoms with E-state index in [9.17, 15) is 26.8 Å². The summed E-state index contributed by atoms with van der Waals surface area (Å²) in [6.45, 7) is -1.06. The van der Waals surface area contributed by atoms with E-state index < -0.39 is 45.6 Å². The molecule has 3 aromatic rings. The lowest BCUT2D eigenvalue weighted by Gasteiger charge is -2.09. The fourth-order valence-corrected chi connectivity index (χ4v) is 3.31. The predicted molar refractivity (Wildman–Crippen MR) is 118 cm³/mol. The highest BCUT2D eigenvalue weighted by Crippen LogP contribution is 2.23. The molecule has 8 nitrogen and oxygen atoms in total. The van der Waals surface area contributed by atoms with Crippen LogP contribution < -0.4 is 14.8 Å². The number of para-hydroxylation sites is 1. The molecule has 0 heterocycles. The zero-order chi connectivity index (χ0) is 24.6. The van der Waals surface area contributed by atoms with Crippen molar-refractivity contribution in [2.75, 3.05) is 18.5 Å². The van der Waals surface area contributed by atoms with Gasteiger partial charge in [0.1, 0.15) is 17.2 Å². The Morgan fingerprint density at radius 1 is 0.794 bits per heavy atom. The van der Waals surface area contributed by atoms with Gasteiger partial charge in [-0.05, 0) is 60.7 Å². The van der Waals surface area contributed by atoms with Crippen LogP contribution in [0.15, 0.2) is 83.8 Å². The van der Waals surface area contributed by atoms with Gasteiger partial charge in [-0.3, -0.25) is 4.79 Å². The minimum atomic E-state index is -4.73. The highest BCUT2D eigenvalue weighted by Gasteiger charge is 2.26. The number of hydrogen-bond donors (Lipinski definition) is 1. The molecule has 0 aromatic heterocycles. The molecule has 0 atom stereocenters. The van der Waals surface area contributed by atoms with Crippen LogP contribution in [-0.2, 0) is 24.2 Å². The second kappa shape index (κ2) is 11.2. The maximum Gasteiger partial charge on any atom is 0.344 e. The summed E-state index contributed by atoms with van der Waals surface area (Å²) >= 11 is 0. The minimum absolute atomic E-state index is 0.142. The zero-order valence-electron chi connectivity index (χ0n) is 17.5. The Morgan fingerprint density at radius 2 is 1.38 bits per heavy atom. The summed E-state index contributed by atoms with van der Waals surface area (Å²) < 4.78 is 63.6. The number of ether oxygens (including phenoxy) is 3. The number of sulfone groups is 1. The molecule has 0 bridgehead atoms. The molecule has 0 radical (unpaired) electrons. The van der Waals surface area contributed by atoms with Gasteiger partial charge in [0.15, 0.2) is 13.2 Å². The Balaban J connectivity index is 1.40. The van der Waals surface area contributed by atoms with E-state index in [2.05, 4.69) is 5.32 Å². The molecule has 0 aliphatic carbocycles. The van der Waals surface area contributed by atoms with E-state index in [-0.39, 0.29) is 5.69 Å². The first-order valence-corrected chi connectivity index (χ1v) is 11.3. The van der Waals surface area contributed by atoms with Crippen molar-refractivity contribution in [1.29, 1.82) is 0 Å². The van der Waals surface area contributed by atoms with Gasteiger partial charge >= 0.3 is 11.7 Å². The smallest absolute Gasteiger partial charge is 0.344 e. The number of carbonyl (C=O) groups excluding carboxylic acids is 2. The summed E-state index contributed by atoms with van der Waals surface area (Å²) in [6.07, 6.45) is 0. The summed E-state index contributed by atoms with van der Waals surface area (Å²) in [4.78, 5) is 23.1. The Labute approximate surface area is 194 Å². The summed E-state index contributed by atoms with van der Waals surface area (Å²) in [6, 6.07) is 19.9. The van der Waals surface area contributed by atoms with E-state index in [1.165, 1.54) is 0 Å². The quantitative estimate of drug-likeness (QED) is 0.427. The molecule has 3 aromatic carbocycles. The van der Waals surface area contributed by atoms with E-state index >= 15 is 0 Å². The number of rotatable bonds is 10. The highest BCUT2D eigenvalue weighted by molar-refractivity contribution is 7.91. The van der Waals surface area contributed by atoms with Gasteiger partial charge < -0.3 is 19.5 Å². The molecule has 0 aliphatic rings. The van der Waals surface area contributed by atoms with Crippen molar-refractivity contribution in [3.05, 3.63) is 78.9 Å². The predicted octanol–water partition coefficient (Wildman–Crippen LogP) is 4.04. The third-order valence-corrected chi connectivity index (χ3v) is 5.62. The molecule has 178 valence electrons. The molecule has 34 heavy (non-hydrogen) atoms. The third kappa shape index (κ3) is 7.01. The van der Waals surface area contributed by atoms with Gasteiger partial charge in [0.05, 0.1) is 4.90 Å². The maximum atomic E-state index is 12.5. The lowest BCUT2D eigenvalue weighted by molar-refractivity contribution is -0.149. The number of esters is 1. The minimum Gasteiger partial charge on any atom is -0.482 e. The van der Waals surface area contributed by atoms with Crippen LogP contribution in [0.2, 0.25) is 0 Å². The zero-order valence-corrected chi connectivity index (χ0v) is 18.3. The molecule has 1 N–H and O–H groups in total. The second-order valence-corrected chi connectivity index (χ2v) is 8.63. The van der Waals surface area contributed by atoms with Gasteiger partial charge in [-0.1, -0.05) is 18.2 Å². The monoisotopic (exact) mass is 491 g/mol. The van der Waals surface area contributed by atoms with Gasteiger partial charge in [-0.2, -0.15) is 8.78 Å². The van der Waals surface area contributed by atoms with Crippen molar-refractivity contribution in [1.82, 2.24) is 0 Å². The molecule has 0 saturated heterocycles. The van der Waals surface area contributed by atoms with Crippen molar-refractivity contribution in [3.63, 3.8) is 0 Å². The van der Waals surface area contributed by atoms with Crippen LogP contribution in [0.3, 0.4) is 0 Å². The van der Waals surface area contributed by atoms with Crippen LogP contribution in [0.5, 0.6) is 17.2 Å². The standard InChI is InChI=1S/C23H19F2NO7S/c24-23(25)34(29,30)20-12-6-16(7-13-20)26-21(27)14-32-22(28)15-31-17-8-10-19(11-9-17)33-18-4-2-1-3-5-18/h1-13,23H,14-15H2,(H,26,27). The number of benzene rings is 3. The molecular formula is C23H19F2NO7S. The third-order valence-electron chi connectivity index (χ3n) is 4.22. The van der Waals surface area contributed by atoms with Crippen LogP contribution in [0.4, 0.5) is 14.5 Å². The fourth-order valence-electron chi connectivity index (χ4n) is 2.59. The van der Waals surface area contributed by atoms with E-state index in [1.807, 2.05) is 30.3 Å². The molecule has 11 heteroatoms. The summed E-state index contributed by atoms with van der Waals surface area (Å²) in [7, 11) is -4.73. The fraction of sp³-hybridized carbons (Fsp3) is 0.130. The number of amides is 1. The van der Waals surface area contributed by atoms with Gasteiger partial charge in [-0.15, -0.1) is 0 Å². The number of carbonyl (C=O) groups is 2. The van der Waals surface area contributed by atoms with Crippen LogP contribution in [0.1, 0.15) is 0 Å². The molecule has 1 amide bonds. The second-order valence-electron chi connectivity index (χ2n) is 6.71. The molecule has 0 fully saturated rings.